The van der Waals surface area contributed by atoms with Crippen LogP contribution in [0.2, 0.25) is 5.15 Å². The Morgan fingerprint density at radius 2 is 2.22 bits per heavy atom. The molecule has 2 heterocycles. The van der Waals surface area contributed by atoms with Gasteiger partial charge in [-0.1, -0.05) is 17.7 Å². The van der Waals surface area contributed by atoms with Crippen LogP contribution in [0.1, 0.15) is 17.9 Å². The highest BCUT2D eigenvalue weighted by atomic mass is 35.5. The zero-order chi connectivity index (χ0) is 13.3. The van der Waals surface area contributed by atoms with Gasteiger partial charge in [-0.25, -0.2) is 8.42 Å². The third kappa shape index (κ3) is 2.73. The Bertz CT molecular complexity index is 588. The number of aromatic nitrogens is 2. The number of halogens is 1. The van der Waals surface area contributed by atoms with Crippen molar-refractivity contribution in [2.75, 3.05) is 18.5 Å². The summed E-state index contributed by atoms with van der Waals surface area (Å²) in [6.45, 7) is 0.416. The minimum absolute atomic E-state index is 0.0102. The number of hydrogen-bond acceptors (Lipinski definition) is 5. The first kappa shape index (κ1) is 13.1. The van der Waals surface area contributed by atoms with Gasteiger partial charge in [-0.15, -0.1) is 10.2 Å². The van der Waals surface area contributed by atoms with Crippen molar-refractivity contribution in [2.45, 2.75) is 12.3 Å². The van der Waals surface area contributed by atoms with E-state index in [4.69, 9.17) is 17.3 Å². The molecule has 18 heavy (non-hydrogen) atoms. The Balaban J connectivity index is 2.26. The predicted octanol–water partition coefficient (Wildman–Crippen LogP) is 0.975. The second kappa shape index (κ2) is 4.74. The summed E-state index contributed by atoms with van der Waals surface area (Å²) in [4.78, 5) is 0. The second-order valence-corrected chi connectivity index (χ2v) is 6.44. The van der Waals surface area contributed by atoms with Crippen LogP contribution in [-0.4, -0.2) is 35.7 Å². The lowest BCUT2D eigenvalue weighted by atomic mass is 9.95. The largest absolute Gasteiger partial charge is 0.382 e. The summed E-state index contributed by atoms with van der Waals surface area (Å²) in [6, 6.07) is 1.66. The number of allylic oxidation sites excluding steroid dienone is 1. The number of hydrogen-bond donors (Lipinski definition) is 1. The fraction of sp³-hybridized carbons (Fsp3) is 0.400. The van der Waals surface area contributed by atoms with Crippen molar-refractivity contribution in [3.8, 4) is 0 Å². The molecular formula is C10H13ClN4O2S. The van der Waals surface area contributed by atoms with Gasteiger partial charge in [0.1, 0.15) is 5.82 Å². The van der Waals surface area contributed by atoms with E-state index in [0.29, 0.717) is 18.8 Å². The van der Waals surface area contributed by atoms with E-state index in [1.165, 1.54) is 10.6 Å². The second-order valence-electron chi connectivity index (χ2n) is 4.12. The van der Waals surface area contributed by atoms with Crippen molar-refractivity contribution < 1.29 is 8.42 Å². The number of nitrogen functional groups attached to an aromatic ring is 1. The number of sulfonamides is 1. The molecular weight excluding hydrogens is 276 g/mol. The standard InChI is InChI=1S/C10H13ClN4O2S/c1-18(16,17)15-4-2-7(3-5-15)8-6-9(11)13-14-10(8)12/h2,4,6-7H,3,5H2,1H3,(H2,12,14). The van der Waals surface area contributed by atoms with E-state index in [9.17, 15) is 8.42 Å². The molecule has 0 radical (unpaired) electrons. The molecule has 8 heteroatoms. The molecule has 0 spiro atoms. The van der Waals surface area contributed by atoms with Crippen LogP contribution < -0.4 is 5.73 Å². The van der Waals surface area contributed by atoms with Gasteiger partial charge in [-0.3, -0.25) is 4.31 Å². The third-order valence-corrected chi connectivity index (χ3v) is 4.14. The first-order valence-corrected chi connectivity index (χ1v) is 7.54. The zero-order valence-corrected chi connectivity index (χ0v) is 11.3. The molecule has 0 fully saturated rings. The Kier molecular flexibility index (Phi) is 3.45. The summed E-state index contributed by atoms with van der Waals surface area (Å²) in [5.74, 6) is 0.331. The minimum Gasteiger partial charge on any atom is -0.382 e. The van der Waals surface area contributed by atoms with Gasteiger partial charge in [-0.05, 0) is 12.5 Å². The van der Waals surface area contributed by atoms with E-state index in [2.05, 4.69) is 10.2 Å². The van der Waals surface area contributed by atoms with Gasteiger partial charge < -0.3 is 5.73 Å². The summed E-state index contributed by atoms with van der Waals surface area (Å²) in [5.41, 5.74) is 6.52. The van der Waals surface area contributed by atoms with Crippen LogP contribution in [-0.2, 0) is 10.0 Å². The molecule has 2 rings (SSSR count). The average molecular weight is 289 g/mol. The van der Waals surface area contributed by atoms with Crippen molar-refractivity contribution >= 4 is 27.4 Å². The first-order valence-electron chi connectivity index (χ1n) is 5.31. The van der Waals surface area contributed by atoms with E-state index >= 15 is 0 Å². The van der Waals surface area contributed by atoms with Gasteiger partial charge in [-0.2, -0.15) is 0 Å². The lowest BCUT2D eigenvalue weighted by molar-refractivity contribution is 0.466. The summed E-state index contributed by atoms with van der Waals surface area (Å²) in [6.07, 6.45) is 5.15. The Labute approximate surface area is 110 Å². The smallest absolute Gasteiger partial charge is 0.231 e. The number of rotatable bonds is 2. The van der Waals surface area contributed by atoms with Crippen LogP contribution in [0.5, 0.6) is 0 Å². The lowest BCUT2D eigenvalue weighted by Crippen LogP contribution is -2.29. The fourth-order valence-corrected chi connectivity index (χ4v) is 2.74. The number of anilines is 1. The molecule has 1 aromatic heterocycles. The quantitative estimate of drug-likeness (QED) is 0.876. The van der Waals surface area contributed by atoms with Crippen LogP contribution in [0.25, 0.3) is 0 Å². The first-order chi connectivity index (χ1) is 8.38. The van der Waals surface area contributed by atoms with Crippen molar-refractivity contribution in [1.82, 2.24) is 14.5 Å². The van der Waals surface area contributed by atoms with Gasteiger partial charge in [0.25, 0.3) is 0 Å². The minimum atomic E-state index is -3.19. The fourth-order valence-electron chi connectivity index (χ4n) is 1.86. The van der Waals surface area contributed by atoms with E-state index in [1.54, 1.807) is 18.3 Å². The number of nitrogens with zero attached hydrogens (tertiary/aromatic N) is 3. The van der Waals surface area contributed by atoms with Crippen molar-refractivity contribution in [2.24, 2.45) is 0 Å². The van der Waals surface area contributed by atoms with Crippen LogP contribution >= 0.6 is 11.6 Å². The van der Waals surface area contributed by atoms with Crippen molar-refractivity contribution in [3.63, 3.8) is 0 Å². The maximum Gasteiger partial charge on any atom is 0.231 e. The predicted molar refractivity (Wildman–Crippen MR) is 69.5 cm³/mol. The summed E-state index contributed by atoms with van der Waals surface area (Å²) >= 11 is 5.78. The van der Waals surface area contributed by atoms with E-state index in [1.807, 2.05) is 0 Å². The monoisotopic (exact) mass is 288 g/mol. The zero-order valence-electron chi connectivity index (χ0n) is 9.75. The average Bonchev–Trinajstić information content (AvgIpc) is 2.31. The molecule has 1 aliphatic rings. The molecule has 0 bridgehead atoms. The van der Waals surface area contributed by atoms with Gasteiger partial charge in [0.2, 0.25) is 10.0 Å². The Hall–Kier alpha value is -1.34. The normalized spacial score (nSPS) is 20.1. The maximum absolute atomic E-state index is 11.4. The molecule has 1 unspecified atom stereocenters. The molecule has 1 aliphatic heterocycles. The molecule has 0 amide bonds. The highest BCUT2D eigenvalue weighted by molar-refractivity contribution is 7.88. The summed E-state index contributed by atoms with van der Waals surface area (Å²) < 4.78 is 24.0. The Morgan fingerprint density at radius 3 is 2.78 bits per heavy atom. The van der Waals surface area contributed by atoms with Gasteiger partial charge in [0, 0.05) is 24.2 Å². The summed E-state index contributed by atoms with van der Waals surface area (Å²) in [5, 5.41) is 7.68. The van der Waals surface area contributed by atoms with Crippen molar-refractivity contribution in [1.29, 1.82) is 0 Å². The van der Waals surface area contributed by atoms with E-state index < -0.39 is 10.0 Å². The van der Waals surface area contributed by atoms with Gasteiger partial charge in [0.05, 0.1) is 6.26 Å². The van der Waals surface area contributed by atoms with E-state index in [0.717, 1.165) is 5.56 Å². The molecule has 6 nitrogen and oxygen atoms in total. The van der Waals surface area contributed by atoms with Gasteiger partial charge >= 0.3 is 0 Å². The lowest BCUT2D eigenvalue weighted by Gasteiger charge is -2.26. The van der Waals surface area contributed by atoms with E-state index in [-0.39, 0.29) is 11.1 Å². The van der Waals surface area contributed by atoms with Crippen molar-refractivity contribution in [3.05, 3.63) is 29.1 Å². The highest BCUT2D eigenvalue weighted by Gasteiger charge is 2.22. The van der Waals surface area contributed by atoms with Crippen LogP contribution in [0, 0.1) is 0 Å². The van der Waals surface area contributed by atoms with Crippen LogP contribution in [0.4, 0.5) is 5.82 Å². The third-order valence-electron chi connectivity index (χ3n) is 2.79. The topological polar surface area (TPSA) is 89.2 Å². The molecule has 0 aliphatic carbocycles. The van der Waals surface area contributed by atoms with Crippen LogP contribution in [0.3, 0.4) is 0 Å². The molecule has 2 N–H and O–H groups in total. The molecule has 0 saturated heterocycles. The molecule has 98 valence electrons. The van der Waals surface area contributed by atoms with Crippen LogP contribution in [0.15, 0.2) is 18.3 Å². The molecule has 1 aromatic rings. The summed E-state index contributed by atoms with van der Waals surface area (Å²) in [7, 11) is -3.19. The Morgan fingerprint density at radius 1 is 1.50 bits per heavy atom. The molecule has 0 aromatic carbocycles. The highest BCUT2D eigenvalue weighted by Crippen LogP contribution is 2.30. The molecule has 1 atom stereocenters. The maximum atomic E-state index is 11.4. The number of nitrogens with two attached hydrogens (primary N) is 1. The SMILES string of the molecule is CS(=O)(=O)N1C=CC(c2cc(Cl)nnc2N)CC1. The van der Waals surface area contributed by atoms with Gasteiger partial charge in [0.15, 0.2) is 5.15 Å². The molecule has 0 saturated carbocycles.